The smallest absolute Gasteiger partial charge is 0.308 e. The maximum Gasteiger partial charge on any atom is 0.308 e. The highest BCUT2D eigenvalue weighted by molar-refractivity contribution is 5.82. The number of amides is 1. The number of aryl methyl sites for hydroxylation is 1. The van der Waals surface area contributed by atoms with Crippen LogP contribution in [-0.2, 0) is 9.59 Å². The van der Waals surface area contributed by atoms with Crippen molar-refractivity contribution in [3.8, 4) is 0 Å². The molecule has 1 aromatic carbocycles. The first-order valence-corrected chi connectivity index (χ1v) is 8.18. The molecule has 2 fully saturated rings. The Balaban J connectivity index is 2.00. The van der Waals surface area contributed by atoms with Crippen LogP contribution in [0.4, 0.5) is 0 Å². The molecule has 1 amide bonds. The molecule has 1 aromatic rings. The summed E-state index contributed by atoms with van der Waals surface area (Å²) in [4.78, 5) is 26.2. The average molecular weight is 301 g/mol. The topological polar surface area (TPSA) is 57.6 Å². The number of carboxylic acids is 1. The van der Waals surface area contributed by atoms with Crippen molar-refractivity contribution in [2.24, 2.45) is 5.92 Å². The highest BCUT2D eigenvalue weighted by Crippen LogP contribution is 2.41. The summed E-state index contributed by atoms with van der Waals surface area (Å²) in [5.41, 5.74) is 2.10. The van der Waals surface area contributed by atoms with Crippen molar-refractivity contribution in [1.82, 2.24) is 4.90 Å². The number of rotatable bonds is 3. The molecule has 118 valence electrons. The molecule has 2 unspecified atom stereocenters. The molecule has 22 heavy (non-hydrogen) atoms. The lowest BCUT2D eigenvalue weighted by atomic mass is 9.83. The minimum Gasteiger partial charge on any atom is -0.481 e. The third kappa shape index (κ3) is 2.74. The molecule has 0 spiro atoms. The van der Waals surface area contributed by atoms with Crippen molar-refractivity contribution in [2.45, 2.75) is 57.5 Å². The second kappa shape index (κ2) is 6.11. The van der Waals surface area contributed by atoms with Gasteiger partial charge in [0.1, 0.15) is 0 Å². The molecule has 1 aliphatic heterocycles. The van der Waals surface area contributed by atoms with Gasteiger partial charge in [-0.05, 0) is 31.7 Å². The molecule has 1 aliphatic carbocycles. The van der Waals surface area contributed by atoms with E-state index in [1.54, 1.807) is 0 Å². The zero-order valence-electron chi connectivity index (χ0n) is 13.0. The maximum atomic E-state index is 12.5. The molecule has 4 nitrogen and oxygen atoms in total. The molecule has 1 saturated carbocycles. The number of hydrogen-bond donors (Lipinski definition) is 1. The van der Waals surface area contributed by atoms with Crippen LogP contribution >= 0.6 is 0 Å². The summed E-state index contributed by atoms with van der Waals surface area (Å²) in [5.74, 6) is -1.17. The van der Waals surface area contributed by atoms with Crippen LogP contribution in [0.5, 0.6) is 0 Å². The minimum atomic E-state index is -0.791. The number of hydrogen-bond acceptors (Lipinski definition) is 2. The molecule has 1 N–H and O–H groups in total. The molecule has 4 heteroatoms. The van der Waals surface area contributed by atoms with Gasteiger partial charge in [0.25, 0.3) is 0 Å². The van der Waals surface area contributed by atoms with E-state index in [0.29, 0.717) is 12.8 Å². The highest BCUT2D eigenvalue weighted by Gasteiger charge is 2.43. The second-order valence-corrected chi connectivity index (χ2v) is 6.58. The predicted molar refractivity (Wildman–Crippen MR) is 83.4 cm³/mol. The van der Waals surface area contributed by atoms with Gasteiger partial charge in [-0.1, -0.05) is 42.7 Å². The Morgan fingerprint density at radius 2 is 1.77 bits per heavy atom. The molecular formula is C18H23NO3. The quantitative estimate of drug-likeness (QED) is 0.932. The molecule has 0 aromatic heterocycles. The fraction of sp³-hybridized carbons (Fsp3) is 0.556. The Bertz CT molecular complexity index is 560. The highest BCUT2D eigenvalue weighted by atomic mass is 16.4. The van der Waals surface area contributed by atoms with Crippen LogP contribution in [0.1, 0.15) is 55.7 Å². The second-order valence-electron chi connectivity index (χ2n) is 6.58. The first-order chi connectivity index (χ1) is 10.6. The number of benzene rings is 1. The Hall–Kier alpha value is -1.84. The molecule has 2 atom stereocenters. The van der Waals surface area contributed by atoms with Crippen LogP contribution in [0.25, 0.3) is 0 Å². The molecule has 3 rings (SSSR count). The number of carbonyl (C=O) groups excluding carboxylic acids is 1. The van der Waals surface area contributed by atoms with Crippen LogP contribution in [0.2, 0.25) is 0 Å². The lowest BCUT2D eigenvalue weighted by molar-refractivity contribution is -0.154. The number of likely N-dealkylation sites (tertiary alicyclic amines) is 1. The van der Waals surface area contributed by atoms with Crippen molar-refractivity contribution < 1.29 is 14.7 Å². The molecular weight excluding hydrogens is 278 g/mol. The van der Waals surface area contributed by atoms with Gasteiger partial charge < -0.3 is 10.0 Å². The number of piperidine rings is 1. The monoisotopic (exact) mass is 301 g/mol. The number of nitrogens with zero attached hydrogens (tertiary/aromatic N) is 1. The third-order valence-corrected chi connectivity index (χ3v) is 5.09. The fourth-order valence-electron chi connectivity index (χ4n) is 3.94. The molecule has 0 bridgehead atoms. The van der Waals surface area contributed by atoms with Gasteiger partial charge in [-0.2, -0.15) is 0 Å². The number of aliphatic carboxylic acids is 1. The lowest BCUT2D eigenvalue weighted by Gasteiger charge is -2.43. The summed E-state index contributed by atoms with van der Waals surface area (Å²) in [6.07, 6.45) is 5.06. The molecule has 2 aliphatic rings. The van der Waals surface area contributed by atoms with E-state index in [9.17, 15) is 14.7 Å². The van der Waals surface area contributed by atoms with Gasteiger partial charge in [0, 0.05) is 12.5 Å². The van der Waals surface area contributed by atoms with Crippen LogP contribution in [0.15, 0.2) is 24.3 Å². The van der Waals surface area contributed by atoms with Crippen molar-refractivity contribution in [3.63, 3.8) is 0 Å². The van der Waals surface area contributed by atoms with Crippen LogP contribution < -0.4 is 0 Å². The van der Waals surface area contributed by atoms with E-state index < -0.39 is 11.9 Å². The maximum absolute atomic E-state index is 12.5. The SMILES string of the molecule is Cc1ccc(C2C(C(=O)O)CCC(=O)N2C2CCCC2)cc1. The number of carbonyl (C=O) groups is 2. The first kappa shape index (κ1) is 15.1. The molecule has 1 heterocycles. The van der Waals surface area contributed by atoms with Gasteiger partial charge in [-0.25, -0.2) is 0 Å². The van der Waals surface area contributed by atoms with E-state index in [0.717, 1.165) is 36.8 Å². The predicted octanol–water partition coefficient (Wildman–Crippen LogP) is 3.30. The Labute approximate surface area is 131 Å². The van der Waals surface area contributed by atoms with Crippen LogP contribution in [0, 0.1) is 12.8 Å². The summed E-state index contributed by atoms with van der Waals surface area (Å²) in [6.45, 7) is 2.01. The van der Waals surface area contributed by atoms with Gasteiger partial charge >= 0.3 is 5.97 Å². The first-order valence-electron chi connectivity index (χ1n) is 8.18. The van der Waals surface area contributed by atoms with Crippen molar-refractivity contribution in [3.05, 3.63) is 35.4 Å². The minimum absolute atomic E-state index is 0.120. The van der Waals surface area contributed by atoms with E-state index in [1.807, 2.05) is 36.1 Å². The largest absolute Gasteiger partial charge is 0.481 e. The Morgan fingerprint density at radius 3 is 2.36 bits per heavy atom. The summed E-state index contributed by atoms with van der Waals surface area (Å²) in [5, 5.41) is 9.63. The van der Waals surface area contributed by atoms with Crippen molar-refractivity contribution >= 4 is 11.9 Å². The van der Waals surface area contributed by atoms with E-state index in [1.165, 1.54) is 0 Å². The van der Waals surface area contributed by atoms with E-state index in [-0.39, 0.29) is 18.0 Å². The Morgan fingerprint density at radius 1 is 1.14 bits per heavy atom. The van der Waals surface area contributed by atoms with Gasteiger partial charge in [-0.15, -0.1) is 0 Å². The van der Waals surface area contributed by atoms with Gasteiger partial charge in [0.05, 0.1) is 12.0 Å². The summed E-state index contributed by atoms with van der Waals surface area (Å²) in [7, 11) is 0. The lowest BCUT2D eigenvalue weighted by Crippen LogP contribution is -2.49. The molecule has 0 radical (unpaired) electrons. The van der Waals surface area contributed by atoms with Gasteiger partial charge in [-0.3, -0.25) is 9.59 Å². The Kier molecular flexibility index (Phi) is 4.19. The average Bonchev–Trinajstić information content (AvgIpc) is 3.01. The van der Waals surface area contributed by atoms with Crippen LogP contribution in [0.3, 0.4) is 0 Å². The van der Waals surface area contributed by atoms with E-state index in [2.05, 4.69) is 0 Å². The van der Waals surface area contributed by atoms with Gasteiger partial charge in [0.2, 0.25) is 5.91 Å². The zero-order valence-corrected chi connectivity index (χ0v) is 13.0. The standard InChI is InChI=1S/C18H23NO3/c1-12-6-8-13(9-7-12)17-15(18(21)22)10-11-16(20)19(17)14-4-2-3-5-14/h6-9,14-15,17H,2-5,10-11H2,1H3,(H,21,22). The zero-order chi connectivity index (χ0) is 15.7. The number of carboxylic acid groups (broad SMARTS) is 1. The van der Waals surface area contributed by atoms with Crippen LogP contribution in [-0.4, -0.2) is 27.9 Å². The van der Waals surface area contributed by atoms with Crippen molar-refractivity contribution in [2.75, 3.05) is 0 Å². The fourth-order valence-corrected chi connectivity index (χ4v) is 3.94. The third-order valence-electron chi connectivity index (χ3n) is 5.09. The van der Waals surface area contributed by atoms with E-state index in [4.69, 9.17) is 0 Å². The van der Waals surface area contributed by atoms with Crippen molar-refractivity contribution in [1.29, 1.82) is 0 Å². The van der Waals surface area contributed by atoms with E-state index >= 15 is 0 Å². The summed E-state index contributed by atoms with van der Waals surface area (Å²) >= 11 is 0. The van der Waals surface area contributed by atoms with Gasteiger partial charge in [0.15, 0.2) is 0 Å². The summed E-state index contributed by atoms with van der Waals surface area (Å²) < 4.78 is 0. The molecule has 1 saturated heterocycles. The normalized spacial score (nSPS) is 26.4. The summed E-state index contributed by atoms with van der Waals surface area (Å²) in [6, 6.07) is 7.86.